The second-order valence-corrected chi connectivity index (χ2v) is 1.94. The monoisotopic (exact) mass is 177 g/mol. The highest BCUT2D eigenvalue weighted by Gasteiger charge is 1.98. The van der Waals surface area contributed by atoms with E-state index in [1.54, 1.807) is 0 Å². The minimum atomic E-state index is -0.996. The molecule has 6 heteroatoms. The smallest absolute Gasteiger partial charge is 0.303 e. The maximum Gasteiger partial charge on any atom is 0.303 e. The van der Waals surface area contributed by atoms with Crippen molar-refractivity contribution in [3.63, 3.8) is 0 Å². The lowest BCUT2D eigenvalue weighted by Gasteiger charge is -1.86. The number of primary amides is 1. The van der Waals surface area contributed by atoms with Gasteiger partial charge in [-0.05, 0) is 0 Å². The molecule has 0 fully saturated rings. The predicted molar refractivity (Wildman–Crippen MR) is 44.2 cm³/mol. The molecule has 0 saturated heterocycles. The summed E-state index contributed by atoms with van der Waals surface area (Å²) in [6.45, 7) is 1.19. The van der Waals surface area contributed by atoms with Gasteiger partial charge in [-0.1, -0.05) is 0 Å². The van der Waals surface area contributed by atoms with Crippen molar-refractivity contribution in [2.45, 2.75) is 12.8 Å². The second-order valence-electron chi connectivity index (χ2n) is 1.94. The average molecular weight is 177 g/mol. The van der Waals surface area contributed by atoms with E-state index >= 15 is 0 Å². The fraction of sp³-hybridized carbons (Fsp3) is 0.667. The van der Waals surface area contributed by atoms with Gasteiger partial charge in [0.05, 0.1) is 6.42 Å². The maximum absolute atomic E-state index is 9.86. The first-order valence-corrected chi connectivity index (χ1v) is 3.44. The number of hydrogen-bond acceptors (Lipinski definition) is 4. The van der Waals surface area contributed by atoms with Crippen LogP contribution in [0.15, 0.2) is 0 Å². The first kappa shape index (κ1) is 13.4. The Labute approximate surface area is 70.7 Å². The van der Waals surface area contributed by atoms with E-state index in [1.165, 1.54) is 0 Å². The Morgan fingerprint density at radius 3 is 1.58 bits per heavy atom. The zero-order valence-electron chi connectivity index (χ0n) is 6.82. The number of carbonyl (C=O) groups excluding carboxylic acids is 1. The van der Waals surface area contributed by atoms with Crippen LogP contribution in [0.4, 0.5) is 0 Å². The Hall–Kier alpha value is -1.14. The lowest BCUT2D eigenvalue weighted by molar-refractivity contribution is -0.138. The van der Waals surface area contributed by atoms with Gasteiger partial charge in [0.25, 0.3) is 0 Å². The van der Waals surface area contributed by atoms with Crippen molar-refractivity contribution in [1.82, 2.24) is 0 Å². The van der Waals surface area contributed by atoms with Crippen molar-refractivity contribution >= 4 is 11.9 Å². The first-order chi connectivity index (χ1) is 5.54. The molecular formula is C6H15N3O3. The van der Waals surface area contributed by atoms with Crippen LogP contribution in [-0.4, -0.2) is 30.1 Å². The molecule has 0 bridgehead atoms. The minimum absolute atomic E-state index is 0.0741. The van der Waals surface area contributed by atoms with Gasteiger partial charge < -0.3 is 22.3 Å². The first-order valence-electron chi connectivity index (χ1n) is 3.44. The normalized spacial score (nSPS) is 8.17. The fourth-order valence-corrected chi connectivity index (χ4v) is 0.230. The highest BCUT2D eigenvalue weighted by molar-refractivity contribution is 5.79. The molecule has 0 aromatic heterocycles. The zero-order chi connectivity index (χ0) is 9.98. The van der Waals surface area contributed by atoms with E-state index in [1.807, 2.05) is 0 Å². The SMILES string of the molecule is NC(=O)CCC(=O)O.NCCN. The Bertz CT molecular complexity index is 122. The Kier molecular flexibility index (Phi) is 11.1. The quantitative estimate of drug-likeness (QED) is 0.403. The van der Waals surface area contributed by atoms with Crippen LogP contribution in [0.2, 0.25) is 0 Å². The minimum Gasteiger partial charge on any atom is -0.481 e. The molecule has 6 nitrogen and oxygen atoms in total. The second kappa shape index (κ2) is 9.86. The van der Waals surface area contributed by atoms with E-state index in [0.29, 0.717) is 13.1 Å². The van der Waals surface area contributed by atoms with Crippen molar-refractivity contribution < 1.29 is 14.7 Å². The van der Waals surface area contributed by atoms with Crippen LogP contribution in [0.25, 0.3) is 0 Å². The van der Waals surface area contributed by atoms with Gasteiger partial charge in [0.1, 0.15) is 0 Å². The largest absolute Gasteiger partial charge is 0.481 e. The maximum atomic E-state index is 9.86. The van der Waals surface area contributed by atoms with Crippen LogP contribution in [0.1, 0.15) is 12.8 Å². The fourth-order valence-electron chi connectivity index (χ4n) is 0.230. The molecule has 0 heterocycles. The summed E-state index contributed by atoms with van der Waals surface area (Å²) >= 11 is 0. The molecule has 0 aliphatic heterocycles. The van der Waals surface area contributed by atoms with Gasteiger partial charge in [0, 0.05) is 19.5 Å². The van der Waals surface area contributed by atoms with E-state index in [2.05, 4.69) is 5.73 Å². The van der Waals surface area contributed by atoms with E-state index in [-0.39, 0.29) is 12.8 Å². The molecule has 7 N–H and O–H groups in total. The summed E-state index contributed by atoms with van der Waals surface area (Å²) in [7, 11) is 0. The van der Waals surface area contributed by atoms with Gasteiger partial charge in [-0.3, -0.25) is 9.59 Å². The van der Waals surface area contributed by atoms with Crippen LogP contribution in [0.3, 0.4) is 0 Å². The average Bonchev–Trinajstić information content (AvgIpc) is 2.01. The number of carbonyl (C=O) groups is 2. The molecule has 0 unspecified atom stereocenters. The molecule has 12 heavy (non-hydrogen) atoms. The summed E-state index contributed by atoms with van der Waals surface area (Å²) < 4.78 is 0. The highest BCUT2D eigenvalue weighted by Crippen LogP contribution is 1.84. The number of nitrogens with two attached hydrogens (primary N) is 3. The van der Waals surface area contributed by atoms with Crippen LogP contribution in [0.5, 0.6) is 0 Å². The molecule has 0 radical (unpaired) electrons. The van der Waals surface area contributed by atoms with Crippen LogP contribution >= 0.6 is 0 Å². The molecule has 72 valence electrons. The summed E-state index contributed by atoms with van der Waals surface area (Å²) in [4.78, 5) is 19.6. The van der Waals surface area contributed by atoms with Crippen molar-refractivity contribution in [3.8, 4) is 0 Å². The van der Waals surface area contributed by atoms with Crippen molar-refractivity contribution in [1.29, 1.82) is 0 Å². The summed E-state index contributed by atoms with van der Waals surface area (Å²) in [6, 6.07) is 0. The van der Waals surface area contributed by atoms with Gasteiger partial charge in [-0.25, -0.2) is 0 Å². The Balaban J connectivity index is 0. The van der Waals surface area contributed by atoms with Gasteiger partial charge in [0.15, 0.2) is 0 Å². The highest BCUT2D eigenvalue weighted by atomic mass is 16.4. The lowest BCUT2D eigenvalue weighted by Crippen LogP contribution is -2.12. The number of carboxylic acids is 1. The van der Waals surface area contributed by atoms with Crippen molar-refractivity contribution in [2.24, 2.45) is 17.2 Å². The predicted octanol–water partition coefficient (Wildman–Crippen LogP) is -1.76. The summed E-state index contributed by atoms with van der Waals surface area (Å²) in [6.07, 6.45) is -0.245. The molecular weight excluding hydrogens is 162 g/mol. The molecule has 0 aliphatic rings. The molecule has 1 amide bonds. The van der Waals surface area contributed by atoms with E-state index in [4.69, 9.17) is 16.6 Å². The summed E-state index contributed by atoms with van der Waals surface area (Å²) in [5.41, 5.74) is 14.4. The van der Waals surface area contributed by atoms with Gasteiger partial charge >= 0.3 is 5.97 Å². The molecule has 0 spiro atoms. The summed E-state index contributed by atoms with van der Waals surface area (Å²) in [5.74, 6) is -1.57. The number of amides is 1. The van der Waals surface area contributed by atoms with Crippen LogP contribution in [0, 0.1) is 0 Å². The van der Waals surface area contributed by atoms with E-state index in [0.717, 1.165) is 0 Å². The number of carboxylic acid groups (broad SMARTS) is 1. The van der Waals surface area contributed by atoms with Gasteiger partial charge in [0.2, 0.25) is 5.91 Å². The third-order valence-corrected chi connectivity index (χ3v) is 0.752. The van der Waals surface area contributed by atoms with Gasteiger partial charge in [-0.15, -0.1) is 0 Å². The van der Waals surface area contributed by atoms with Crippen LogP contribution < -0.4 is 17.2 Å². The van der Waals surface area contributed by atoms with E-state index in [9.17, 15) is 9.59 Å². The molecule has 0 saturated carbocycles. The molecule has 0 aromatic carbocycles. The van der Waals surface area contributed by atoms with Crippen molar-refractivity contribution in [3.05, 3.63) is 0 Å². The number of hydrogen-bond donors (Lipinski definition) is 4. The number of aliphatic carboxylic acids is 1. The molecule has 0 atom stereocenters. The zero-order valence-corrected chi connectivity index (χ0v) is 6.82. The third kappa shape index (κ3) is 23.2. The topological polar surface area (TPSA) is 132 Å². The Morgan fingerprint density at radius 2 is 1.50 bits per heavy atom. The van der Waals surface area contributed by atoms with Crippen LogP contribution in [-0.2, 0) is 9.59 Å². The molecule has 0 rings (SSSR count). The van der Waals surface area contributed by atoms with Crippen molar-refractivity contribution in [2.75, 3.05) is 13.1 Å². The molecule has 0 aromatic rings. The van der Waals surface area contributed by atoms with E-state index < -0.39 is 11.9 Å². The van der Waals surface area contributed by atoms with Gasteiger partial charge in [-0.2, -0.15) is 0 Å². The Morgan fingerprint density at radius 1 is 1.08 bits per heavy atom. The number of rotatable bonds is 4. The third-order valence-electron chi connectivity index (χ3n) is 0.752. The molecule has 0 aliphatic carbocycles. The lowest BCUT2D eigenvalue weighted by atomic mass is 10.3. The summed E-state index contributed by atoms with van der Waals surface area (Å²) in [5, 5.41) is 7.95. The standard InChI is InChI=1S/C4H7NO3.C2H8N2/c5-3(6)1-2-4(7)8;3-1-2-4/h1-2H2,(H2,5,6)(H,7,8);1-4H2.